The minimum Gasteiger partial charge on any atom is -0.456 e. The predicted octanol–water partition coefficient (Wildman–Crippen LogP) is 1.32. The highest BCUT2D eigenvalue weighted by Crippen LogP contribution is 2.13. The summed E-state index contributed by atoms with van der Waals surface area (Å²) in [5.41, 5.74) is 5.73. The SMILES string of the molecule is Cc1nc(N)ncc1C(=O)OC(C)(C)C. The van der Waals surface area contributed by atoms with E-state index in [1.54, 1.807) is 27.7 Å². The van der Waals surface area contributed by atoms with Gasteiger partial charge in [0.15, 0.2) is 0 Å². The average molecular weight is 209 g/mol. The van der Waals surface area contributed by atoms with E-state index >= 15 is 0 Å². The maximum Gasteiger partial charge on any atom is 0.342 e. The number of nitrogens with zero attached hydrogens (tertiary/aromatic N) is 2. The van der Waals surface area contributed by atoms with Crippen LogP contribution in [0.3, 0.4) is 0 Å². The van der Waals surface area contributed by atoms with E-state index in [9.17, 15) is 4.79 Å². The number of nitrogen functional groups attached to an aromatic ring is 1. The molecule has 0 saturated heterocycles. The number of hydrogen-bond acceptors (Lipinski definition) is 5. The van der Waals surface area contributed by atoms with Gasteiger partial charge in [-0.15, -0.1) is 0 Å². The number of aryl methyl sites for hydroxylation is 1. The van der Waals surface area contributed by atoms with Gasteiger partial charge in [-0.25, -0.2) is 14.8 Å². The summed E-state index contributed by atoms with van der Waals surface area (Å²) in [6.45, 7) is 7.10. The zero-order valence-corrected chi connectivity index (χ0v) is 9.37. The summed E-state index contributed by atoms with van der Waals surface area (Å²) in [6.07, 6.45) is 1.38. The van der Waals surface area contributed by atoms with Crippen molar-refractivity contribution in [2.45, 2.75) is 33.3 Å². The van der Waals surface area contributed by atoms with Crippen LogP contribution < -0.4 is 5.73 Å². The molecule has 5 nitrogen and oxygen atoms in total. The van der Waals surface area contributed by atoms with Crippen molar-refractivity contribution in [2.75, 3.05) is 5.73 Å². The van der Waals surface area contributed by atoms with Crippen molar-refractivity contribution in [3.8, 4) is 0 Å². The number of carbonyl (C=O) groups excluding carboxylic acids is 1. The standard InChI is InChI=1S/C10H15N3O2/c1-6-7(5-12-9(11)13-6)8(14)15-10(2,3)4/h5H,1-4H3,(H2,11,12,13). The second kappa shape index (κ2) is 3.84. The molecule has 0 amide bonds. The predicted molar refractivity (Wildman–Crippen MR) is 56.3 cm³/mol. The molecule has 1 aromatic rings. The Labute approximate surface area is 88.7 Å². The molecule has 0 fully saturated rings. The summed E-state index contributed by atoms with van der Waals surface area (Å²) in [7, 11) is 0. The topological polar surface area (TPSA) is 78.1 Å². The molecule has 0 aliphatic rings. The van der Waals surface area contributed by atoms with Gasteiger partial charge in [0.1, 0.15) is 5.60 Å². The van der Waals surface area contributed by atoms with Gasteiger partial charge < -0.3 is 10.5 Å². The van der Waals surface area contributed by atoms with E-state index in [-0.39, 0.29) is 5.95 Å². The highest BCUT2D eigenvalue weighted by molar-refractivity contribution is 5.90. The molecule has 0 aromatic carbocycles. The van der Waals surface area contributed by atoms with E-state index in [1.165, 1.54) is 6.20 Å². The molecule has 0 aliphatic heterocycles. The Balaban J connectivity index is 2.92. The van der Waals surface area contributed by atoms with Crippen LogP contribution in [0, 0.1) is 6.92 Å². The van der Waals surface area contributed by atoms with Crippen LogP contribution in [0.25, 0.3) is 0 Å². The van der Waals surface area contributed by atoms with Crippen LogP contribution in [0.15, 0.2) is 6.20 Å². The van der Waals surface area contributed by atoms with Gasteiger partial charge in [-0.2, -0.15) is 0 Å². The normalized spacial score (nSPS) is 11.2. The minimum atomic E-state index is -0.523. The summed E-state index contributed by atoms with van der Waals surface area (Å²) in [6, 6.07) is 0. The Morgan fingerprint density at radius 1 is 1.47 bits per heavy atom. The van der Waals surface area contributed by atoms with Gasteiger partial charge in [0, 0.05) is 6.20 Å². The summed E-state index contributed by atoms with van der Waals surface area (Å²) in [4.78, 5) is 19.3. The second-order valence-electron chi connectivity index (χ2n) is 4.23. The van der Waals surface area contributed by atoms with E-state index in [1.807, 2.05) is 0 Å². The molecule has 0 unspecified atom stereocenters. The molecule has 5 heteroatoms. The number of hydrogen-bond donors (Lipinski definition) is 1. The van der Waals surface area contributed by atoms with E-state index in [0.717, 1.165) is 0 Å². The highest BCUT2D eigenvalue weighted by atomic mass is 16.6. The monoisotopic (exact) mass is 209 g/mol. The molecule has 0 spiro atoms. The van der Waals surface area contributed by atoms with E-state index in [4.69, 9.17) is 10.5 Å². The number of esters is 1. The molecular weight excluding hydrogens is 194 g/mol. The molecule has 1 heterocycles. The summed E-state index contributed by atoms with van der Waals surface area (Å²) in [5.74, 6) is -0.278. The highest BCUT2D eigenvalue weighted by Gasteiger charge is 2.20. The number of aromatic nitrogens is 2. The van der Waals surface area contributed by atoms with Crippen LogP contribution in [0.2, 0.25) is 0 Å². The fraction of sp³-hybridized carbons (Fsp3) is 0.500. The van der Waals surface area contributed by atoms with Gasteiger partial charge in [-0.05, 0) is 27.7 Å². The van der Waals surface area contributed by atoms with Gasteiger partial charge in [0.05, 0.1) is 11.3 Å². The van der Waals surface area contributed by atoms with Crippen LogP contribution in [0.5, 0.6) is 0 Å². The molecule has 0 radical (unpaired) electrons. The Morgan fingerprint density at radius 2 is 2.07 bits per heavy atom. The third kappa shape index (κ3) is 3.19. The summed E-state index contributed by atoms with van der Waals surface area (Å²) < 4.78 is 5.18. The van der Waals surface area contributed by atoms with Crippen molar-refractivity contribution >= 4 is 11.9 Å². The number of carbonyl (C=O) groups is 1. The maximum absolute atomic E-state index is 11.6. The van der Waals surface area contributed by atoms with Crippen LogP contribution in [0.4, 0.5) is 5.95 Å². The van der Waals surface area contributed by atoms with E-state index < -0.39 is 11.6 Å². The first-order valence-corrected chi connectivity index (χ1v) is 4.62. The first-order valence-electron chi connectivity index (χ1n) is 4.62. The molecule has 1 aromatic heterocycles. The quantitative estimate of drug-likeness (QED) is 0.706. The van der Waals surface area contributed by atoms with Crippen molar-refractivity contribution in [1.29, 1.82) is 0 Å². The third-order valence-corrected chi connectivity index (χ3v) is 1.62. The largest absolute Gasteiger partial charge is 0.456 e. The molecule has 82 valence electrons. The molecule has 2 N–H and O–H groups in total. The lowest BCUT2D eigenvalue weighted by Gasteiger charge is -2.19. The second-order valence-corrected chi connectivity index (χ2v) is 4.23. The van der Waals surface area contributed by atoms with Gasteiger partial charge in [-0.3, -0.25) is 0 Å². The summed E-state index contributed by atoms with van der Waals surface area (Å²) >= 11 is 0. The van der Waals surface area contributed by atoms with Gasteiger partial charge in [-0.1, -0.05) is 0 Å². The third-order valence-electron chi connectivity index (χ3n) is 1.62. The zero-order chi connectivity index (χ0) is 11.6. The van der Waals surface area contributed by atoms with E-state index in [2.05, 4.69) is 9.97 Å². The van der Waals surface area contributed by atoms with Crippen LogP contribution in [-0.4, -0.2) is 21.5 Å². The minimum absolute atomic E-state index is 0.153. The summed E-state index contributed by atoms with van der Waals surface area (Å²) in [5, 5.41) is 0. The lowest BCUT2D eigenvalue weighted by Crippen LogP contribution is -2.24. The van der Waals surface area contributed by atoms with Crippen molar-refractivity contribution in [3.63, 3.8) is 0 Å². The van der Waals surface area contributed by atoms with Crippen molar-refractivity contribution < 1.29 is 9.53 Å². The zero-order valence-electron chi connectivity index (χ0n) is 9.37. The molecule has 0 bridgehead atoms. The first-order chi connectivity index (χ1) is 6.79. The molecule has 0 saturated carbocycles. The maximum atomic E-state index is 11.6. The Bertz CT molecular complexity index is 383. The van der Waals surface area contributed by atoms with Crippen molar-refractivity contribution in [2.24, 2.45) is 0 Å². The Kier molecular flexibility index (Phi) is 2.93. The Hall–Kier alpha value is -1.65. The smallest absolute Gasteiger partial charge is 0.342 e. The van der Waals surface area contributed by atoms with Gasteiger partial charge in [0.2, 0.25) is 5.95 Å². The lowest BCUT2D eigenvalue weighted by molar-refractivity contribution is 0.00678. The fourth-order valence-corrected chi connectivity index (χ4v) is 1.02. The van der Waals surface area contributed by atoms with Gasteiger partial charge >= 0.3 is 5.97 Å². The Morgan fingerprint density at radius 3 is 2.53 bits per heavy atom. The van der Waals surface area contributed by atoms with Crippen molar-refractivity contribution in [3.05, 3.63) is 17.5 Å². The number of rotatable bonds is 1. The number of anilines is 1. The molecule has 1 rings (SSSR count). The number of ether oxygens (including phenoxy) is 1. The molecular formula is C10H15N3O2. The van der Waals surface area contributed by atoms with Crippen LogP contribution >= 0.6 is 0 Å². The fourth-order valence-electron chi connectivity index (χ4n) is 1.02. The molecule has 0 atom stereocenters. The molecule has 0 aliphatic carbocycles. The average Bonchev–Trinajstić information content (AvgIpc) is 1.99. The van der Waals surface area contributed by atoms with E-state index in [0.29, 0.717) is 11.3 Å². The van der Waals surface area contributed by atoms with Crippen molar-refractivity contribution in [1.82, 2.24) is 9.97 Å². The van der Waals surface area contributed by atoms with Crippen LogP contribution in [-0.2, 0) is 4.74 Å². The lowest BCUT2D eigenvalue weighted by atomic mass is 10.2. The van der Waals surface area contributed by atoms with Gasteiger partial charge in [0.25, 0.3) is 0 Å². The van der Waals surface area contributed by atoms with Crippen LogP contribution in [0.1, 0.15) is 36.8 Å². The first kappa shape index (κ1) is 11.4. The molecule has 15 heavy (non-hydrogen) atoms. The number of nitrogens with two attached hydrogens (primary N) is 1.